The third kappa shape index (κ3) is 8.70. The van der Waals surface area contributed by atoms with Crippen LogP contribution in [0.5, 0.6) is 0 Å². The van der Waals surface area contributed by atoms with E-state index in [0.29, 0.717) is 25.1 Å². The zero-order chi connectivity index (χ0) is 28.4. The van der Waals surface area contributed by atoms with Crippen LogP contribution in [0, 0.1) is 5.41 Å². The summed E-state index contributed by atoms with van der Waals surface area (Å²) in [5.74, 6) is -1.03. The van der Waals surface area contributed by atoms with Gasteiger partial charge in [-0.3, -0.25) is 19.2 Å². The monoisotopic (exact) mass is 575 g/mol. The first kappa shape index (κ1) is 30.4. The summed E-state index contributed by atoms with van der Waals surface area (Å²) < 4.78 is 4.56. The Morgan fingerprint density at radius 1 is 0.974 bits per heavy atom. The standard InChI is InChI=1S/C29H35Cl2N3O5/c1-19(18-20-8-10-21(11-9-20)34-27(37)26-22(30)6-5-7-23(26)31)33-28(38)29(14-3-4-15-29)16-17-32-24(35)12-13-25(36)39-2/h5-11,19H,3-4,12-18H2,1-2H3,(H,32,35)(H,33,38)(H,34,37). The molecule has 1 fully saturated rings. The molecule has 0 spiro atoms. The van der Waals surface area contributed by atoms with E-state index in [-0.39, 0.29) is 52.2 Å². The molecule has 39 heavy (non-hydrogen) atoms. The van der Waals surface area contributed by atoms with Crippen LogP contribution in [-0.4, -0.2) is 43.4 Å². The number of hydrogen-bond donors (Lipinski definition) is 3. The Labute approximate surface area is 239 Å². The lowest BCUT2D eigenvalue weighted by molar-refractivity contribution is -0.142. The number of esters is 1. The molecule has 1 atom stereocenters. The third-order valence-electron chi connectivity index (χ3n) is 7.07. The van der Waals surface area contributed by atoms with Crippen LogP contribution >= 0.6 is 23.2 Å². The Hall–Kier alpha value is -3.10. The normalized spacial score (nSPS) is 14.8. The molecule has 0 heterocycles. The van der Waals surface area contributed by atoms with Crippen LogP contribution in [0.3, 0.4) is 0 Å². The lowest BCUT2D eigenvalue weighted by Crippen LogP contribution is -2.45. The van der Waals surface area contributed by atoms with Gasteiger partial charge in [0.2, 0.25) is 11.8 Å². The fourth-order valence-electron chi connectivity index (χ4n) is 4.90. The Bertz CT molecular complexity index is 1160. The molecule has 1 saturated carbocycles. The third-order valence-corrected chi connectivity index (χ3v) is 7.70. The largest absolute Gasteiger partial charge is 0.469 e. The van der Waals surface area contributed by atoms with Gasteiger partial charge in [-0.2, -0.15) is 0 Å². The van der Waals surface area contributed by atoms with Gasteiger partial charge in [-0.05, 0) is 62.4 Å². The van der Waals surface area contributed by atoms with Crippen LogP contribution < -0.4 is 16.0 Å². The quantitative estimate of drug-likeness (QED) is 0.297. The molecule has 0 aliphatic heterocycles. The van der Waals surface area contributed by atoms with Gasteiger partial charge in [0.1, 0.15) is 0 Å². The van der Waals surface area contributed by atoms with E-state index in [0.717, 1.165) is 31.2 Å². The molecule has 3 amide bonds. The zero-order valence-electron chi connectivity index (χ0n) is 22.3. The van der Waals surface area contributed by atoms with Crippen LogP contribution in [0.2, 0.25) is 10.0 Å². The topological polar surface area (TPSA) is 114 Å². The van der Waals surface area contributed by atoms with Gasteiger partial charge < -0.3 is 20.7 Å². The van der Waals surface area contributed by atoms with Crippen molar-refractivity contribution in [2.24, 2.45) is 5.41 Å². The smallest absolute Gasteiger partial charge is 0.306 e. The molecule has 10 heteroatoms. The van der Waals surface area contributed by atoms with E-state index >= 15 is 0 Å². The minimum atomic E-state index is -0.502. The van der Waals surface area contributed by atoms with Crippen molar-refractivity contribution in [1.29, 1.82) is 0 Å². The maximum Gasteiger partial charge on any atom is 0.306 e. The van der Waals surface area contributed by atoms with Gasteiger partial charge >= 0.3 is 5.97 Å². The van der Waals surface area contributed by atoms with Crippen LogP contribution in [0.25, 0.3) is 0 Å². The minimum absolute atomic E-state index is 0.0109. The molecule has 3 rings (SSSR count). The van der Waals surface area contributed by atoms with Crippen molar-refractivity contribution < 1.29 is 23.9 Å². The number of hydrogen-bond acceptors (Lipinski definition) is 5. The lowest BCUT2D eigenvalue weighted by Gasteiger charge is -2.29. The average Bonchev–Trinajstić information content (AvgIpc) is 3.38. The molecule has 0 saturated heterocycles. The summed E-state index contributed by atoms with van der Waals surface area (Å²) in [5, 5.41) is 9.36. The molecule has 8 nitrogen and oxygen atoms in total. The molecule has 1 aliphatic carbocycles. The molecule has 2 aromatic carbocycles. The predicted molar refractivity (Wildman–Crippen MR) is 152 cm³/mol. The number of nitrogens with one attached hydrogen (secondary N) is 3. The number of ether oxygens (including phenoxy) is 1. The van der Waals surface area contributed by atoms with E-state index in [1.807, 2.05) is 19.1 Å². The highest BCUT2D eigenvalue weighted by molar-refractivity contribution is 6.40. The van der Waals surface area contributed by atoms with Gasteiger partial charge in [-0.15, -0.1) is 0 Å². The number of carbonyl (C=O) groups is 4. The Balaban J connectivity index is 1.50. The van der Waals surface area contributed by atoms with Crippen LogP contribution in [0.4, 0.5) is 5.69 Å². The molecular weight excluding hydrogens is 541 g/mol. The molecule has 0 bridgehead atoms. The second kappa shape index (κ2) is 14.3. The van der Waals surface area contributed by atoms with E-state index in [9.17, 15) is 19.2 Å². The Kier molecular flexibility index (Phi) is 11.2. The first-order valence-electron chi connectivity index (χ1n) is 13.1. The second-order valence-corrected chi connectivity index (χ2v) is 10.8. The number of halogens is 2. The summed E-state index contributed by atoms with van der Waals surface area (Å²) >= 11 is 12.3. The lowest BCUT2D eigenvalue weighted by atomic mass is 9.81. The van der Waals surface area contributed by atoms with E-state index in [2.05, 4.69) is 20.7 Å². The molecule has 0 aromatic heterocycles. The molecular formula is C29H35Cl2N3O5. The van der Waals surface area contributed by atoms with Crippen molar-refractivity contribution in [3.05, 3.63) is 63.6 Å². The number of methoxy groups -OCH3 is 1. The zero-order valence-corrected chi connectivity index (χ0v) is 23.8. The van der Waals surface area contributed by atoms with Crippen molar-refractivity contribution in [1.82, 2.24) is 10.6 Å². The summed E-state index contributed by atoms with van der Waals surface area (Å²) in [6.45, 7) is 2.35. The fourth-order valence-corrected chi connectivity index (χ4v) is 5.47. The number of anilines is 1. The van der Waals surface area contributed by atoms with Crippen molar-refractivity contribution in [2.45, 2.75) is 64.3 Å². The van der Waals surface area contributed by atoms with Gasteiger partial charge in [0.05, 0.1) is 34.6 Å². The number of benzene rings is 2. The molecule has 0 radical (unpaired) electrons. The highest BCUT2D eigenvalue weighted by Crippen LogP contribution is 2.41. The summed E-state index contributed by atoms with van der Waals surface area (Å²) in [4.78, 5) is 49.2. The van der Waals surface area contributed by atoms with Gasteiger partial charge in [0.15, 0.2) is 0 Å². The van der Waals surface area contributed by atoms with Crippen molar-refractivity contribution in [3.63, 3.8) is 0 Å². The molecule has 2 aromatic rings. The maximum atomic E-state index is 13.3. The molecule has 210 valence electrons. The first-order valence-corrected chi connectivity index (χ1v) is 13.9. The van der Waals surface area contributed by atoms with E-state index in [1.165, 1.54) is 7.11 Å². The molecule has 3 N–H and O–H groups in total. The second-order valence-electron chi connectivity index (χ2n) is 9.99. The minimum Gasteiger partial charge on any atom is -0.469 e. The first-order chi connectivity index (χ1) is 18.6. The van der Waals surface area contributed by atoms with Crippen molar-refractivity contribution in [2.75, 3.05) is 19.0 Å². The van der Waals surface area contributed by atoms with Gasteiger partial charge in [0, 0.05) is 24.7 Å². The summed E-state index contributed by atoms with van der Waals surface area (Å²) in [6, 6.07) is 12.2. The summed E-state index contributed by atoms with van der Waals surface area (Å²) in [7, 11) is 1.29. The summed E-state index contributed by atoms with van der Waals surface area (Å²) in [5.41, 5.74) is 1.34. The van der Waals surface area contributed by atoms with E-state index in [4.69, 9.17) is 23.2 Å². The van der Waals surface area contributed by atoms with Gasteiger partial charge in [0.25, 0.3) is 5.91 Å². The number of rotatable bonds is 12. The van der Waals surface area contributed by atoms with Crippen LogP contribution in [-0.2, 0) is 25.5 Å². The van der Waals surface area contributed by atoms with Crippen molar-refractivity contribution in [3.8, 4) is 0 Å². The maximum absolute atomic E-state index is 13.3. The van der Waals surface area contributed by atoms with Crippen molar-refractivity contribution >= 4 is 52.6 Å². The SMILES string of the molecule is COC(=O)CCC(=O)NCCC1(C(=O)NC(C)Cc2ccc(NC(=O)c3c(Cl)cccc3Cl)cc2)CCCC1. The van der Waals surface area contributed by atoms with Gasteiger partial charge in [-0.25, -0.2) is 0 Å². The fraction of sp³-hybridized carbons (Fsp3) is 0.448. The van der Waals surface area contributed by atoms with Crippen LogP contribution in [0.1, 0.15) is 67.8 Å². The number of carbonyl (C=O) groups excluding carboxylic acids is 4. The molecule has 1 unspecified atom stereocenters. The molecule has 1 aliphatic rings. The van der Waals surface area contributed by atoms with E-state index in [1.54, 1.807) is 30.3 Å². The predicted octanol–water partition coefficient (Wildman–Crippen LogP) is 5.31. The Morgan fingerprint density at radius 2 is 1.62 bits per heavy atom. The number of amides is 3. The van der Waals surface area contributed by atoms with E-state index < -0.39 is 11.4 Å². The highest BCUT2D eigenvalue weighted by atomic mass is 35.5. The summed E-state index contributed by atoms with van der Waals surface area (Å²) in [6.07, 6.45) is 4.81. The van der Waals surface area contributed by atoms with Crippen LogP contribution in [0.15, 0.2) is 42.5 Å². The average molecular weight is 577 g/mol. The Morgan fingerprint density at radius 3 is 2.23 bits per heavy atom. The highest BCUT2D eigenvalue weighted by Gasteiger charge is 2.41. The van der Waals surface area contributed by atoms with Gasteiger partial charge in [-0.1, -0.05) is 54.2 Å².